The van der Waals surface area contributed by atoms with Gasteiger partial charge in [-0.1, -0.05) is 26.2 Å². The Morgan fingerprint density at radius 1 is 1.42 bits per heavy atom. The minimum absolute atomic E-state index is 0.402. The predicted molar refractivity (Wildman–Crippen MR) is 78.8 cm³/mol. The second-order valence-electron chi connectivity index (χ2n) is 5.01. The number of hydrogen-bond donors (Lipinski definition) is 2. The van der Waals surface area contributed by atoms with Gasteiger partial charge in [0, 0.05) is 23.3 Å². The van der Waals surface area contributed by atoms with Crippen LogP contribution in [0.2, 0.25) is 0 Å². The van der Waals surface area contributed by atoms with E-state index in [0.29, 0.717) is 11.4 Å². The molecule has 1 saturated carbocycles. The lowest BCUT2D eigenvalue weighted by molar-refractivity contribution is 0.297. The van der Waals surface area contributed by atoms with Gasteiger partial charge in [-0.15, -0.1) is 11.3 Å². The molecule has 2 rings (SSSR count). The van der Waals surface area contributed by atoms with E-state index in [1.165, 1.54) is 30.6 Å². The van der Waals surface area contributed by atoms with Gasteiger partial charge in [-0.05, 0) is 24.9 Å². The zero-order valence-electron chi connectivity index (χ0n) is 11.3. The third-order valence-corrected chi connectivity index (χ3v) is 6.09. The first kappa shape index (κ1) is 15.0. The summed E-state index contributed by atoms with van der Waals surface area (Å²) < 4.78 is 26.9. The average molecular weight is 302 g/mol. The Hall–Kier alpha value is -0.430. The highest BCUT2D eigenvalue weighted by Gasteiger charge is 2.19. The third-order valence-electron chi connectivity index (χ3n) is 3.56. The van der Waals surface area contributed by atoms with Crippen molar-refractivity contribution >= 4 is 21.4 Å². The molecule has 1 fully saturated rings. The van der Waals surface area contributed by atoms with E-state index in [9.17, 15) is 8.42 Å². The van der Waals surface area contributed by atoms with Gasteiger partial charge in [-0.3, -0.25) is 0 Å². The molecule has 0 aromatic carbocycles. The van der Waals surface area contributed by atoms with Crippen LogP contribution in [0.4, 0.5) is 0 Å². The minimum atomic E-state index is -3.31. The van der Waals surface area contributed by atoms with Crippen LogP contribution in [-0.2, 0) is 16.6 Å². The third kappa shape index (κ3) is 4.27. The van der Waals surface area contributed by atoms with Crippen LogP contribution < -0.4 is 10.0 Å². The lowest BCUT2D eigenvalue weighted by Gasteiger charge is -2.24. The summed E-state index contributed by atoms with van der Waals surface area (Å²) in [4.78, 5) is 1.46. The molecule has 0 spiro atoms. The Morgan fingerprint density at radius 3 is 2.84 bits per heavy atom. The van der Waals surface area contributed by atoms with Crippen molar-refractivity contribution in [3.05, 3.63) is 16.3 Å². The maximum Gasteiger partial charge on any atom is 0.241 e. The summed E-state index contributed by atoms with van der Waals surface area (Å²) in [6.07, 6.45) is 4.78. The van der Waals surface area contributed by atoms with Crippen molar-refractivity contribution in [2.24, 2.45) is 5.92 Å². The first-order valence-corrected chi connectivity index (χ1v) is 9.26. The Bertz CT molecular complexity index is 492. The molecule has 1 aromatic rings. The molecule has 2 N–H and O–H groups in total. The van der Waals surface area contributed by atoms with Gasteiger partial charge < -0.3 is 5.32 Å². The number of thiophene rings is 1. The molecule has 1 heterocycles. The Morgan fingerprint density at radius 2 is 2.21 bits per heavy atom. The van der Waals surface area contributed by atoms with E-state index in [2.05, 4.69) is 10.0 Å². The van der Waals surface area contributed by atoms with Crippen molar-refractivity contribution in [1.29, 1.82) is 0 Å². The van der Waals surface area contributed by atoms with Crippen molar-refractivity contribution in [3.8, 4) is 0 Å². The van der Waals surface area contributed by atoms with Gasteiger partial charge in [-0.2, -0.15) is 0 Å². The fourth-order valence-corrected chi connectivity index (χ4v) is 4.40. The van der Waals surface area contributed by atoms with E-state index >= 15 is 0 Å². The summed E-state index contributed by atoms with van der Waals surface area (Å²) in [5.41, 5.74) is 0. The summed E-state index contributed by atoms with van der Waals surface area (Å²) in [6, 6.07) is 1.76. The van der Waals surface area contributed by atoms with Crippen LogP contribution in [0, 0.1) is 5.92 Å². The van der Waals surface area contributed by atoms with Crippen LogP contribution in [0.1, 0.15) is 37.5 Å². The van der Waals surface area contributed by atoms with Crippen LogP contribution in [0.5, 0.6) is 0 Å². The summed E-state index contributed by atoms with van der Waals surface area (Å²) in [6.45, 7) is 4.22. The van der Waals surface area contributed by atoms with Gasteiger partial charge in [0.2, 0.25) is 10.0 Å². The second-order valence-corrected chi connectivity index (χ2v) is 7.78. The molecule has 19 heavy (non-hydrogen) atoms. The van der Waals surface area contributed by atoms with Gasteiger partial charge in [-0.25, -0.2) is 13.1 Å². The van der Waals surface area contributed by atoms with E-state index < -0.39 is 10.0 Å². The Balaban J connectivity index is 1.85. The lowest BCUT2D eigenvalue weighted by Crippen LogP contribution is -2.27. The molecule has 108 valence electrons. The SMILES string of the molecule is CCNCc1cc(S(=O)(=O)NCCC2CCC2)cs1. The van der Waals surface area contributed by atoms with E-state index in [-0.39, 0.29) is 0 Å². The van der Waals surface area contributed by atoms with Gasteiger partial charge in [0.1, 0.15) is 0 Å². The van der Waals surface area contributed by atoms with Crippen LogP contribution in [0.3, 0.4) is 0 Å². The summed E-state index contributed by atoms with van der Waals surface area (Å²) in [5.74, 6) is 0.731. The van der Waals surface area contributed by atoms with E-state index in [4.69, 9.17) is 0 Å². The molecule has 0 bridgehead atoms. The Kier molecular flexibility index (Phi) is 5.38. The topological polar surface area (TPSA) is 58.2 Å². The van der Waals surface area contributed by atoms with Gasteiger partial charge in [0.15, 0.2) is 0 Å². The molecular weight excluding hydrogens is 280 g/mol. The van der Waals surface area contributed by atoms with E-state index in [1.807, 2.05) is 6.92 Å². The number of hydrogen-bond acceptors (Lipinski definition) is 4. The van der Waals surface area contributed by atoms with Crippen molar-refractivity contribution in [1.82, 2.24) is 10.0 Å². The van der Waals surface area contributed by atoms with Crippen molar-refractivity contribution in [2.75, 3.05) is 13.1 Å². The average Bonchev–Trinajstić information content (AvgIpc) is 2.79. The molecule has 0 radical (unpaired) electrons. The highest BCUT2D eigenvalue weighted by molar-refractivity contribution is 7.89. The summed E-state index contributed by atoms with van der Waals surface area (Å²) in [7, 11) is -3.31. The number of rotatable bonds is 8. The smallest absolute Gasteiger partial charge is 0.241 e. The van der Waals surface area contributed by atoms with Crippen molar-refractivity contribution in [3.63, 3.8) is 0 Å². The minimum Gasteiger partial charge on any atom is -0.312 e. The van der Waals surface area contributed by atoms with Crippen molar-refractivity contribution in [2.45, 2.75) is 44.0 Å². The maximum absolute atomic E-state index is 12.1. The van der Waals surface area contributed by atoms with E-state index in [1.54, 1.807) is 11.4 Å². The maximum atomic E-state index is 12.1. The first-order chi connectivity index (χ1) is 9.12. The largest absolute Gasteiger partial charge is 0.312 e. The van der Waals surface area contributed by atoms with Gasteiger partial charge >= 0.3 is 0 Å². The molecule has 6 heteroatoms. The van der Waals surface area contributed by atoms with Crippen LogP contribution >= 0.6 is 11.3 Å². The highest BCUT2D eigenvalue weighted by Crippen LogP contribution is 2.29. The lowest BCUT2D eigenvalue weighted by atomic mass is 9.83. The molecule has 0 amide bonds. The molecule has 0 atom stereocenters. The second kappa shape index (κ2) is 6.83. The summed E-state index contributed by atoms with van der Waals surface area (Å²) >= 11 is 1.49. The molecule has 1 aromatic heterocycles. The molecule has 4 nitrogen and oxygen atoms in total. The van der Waals surface area contributed by atoms with E-state index in [0.717, 1.165) is 30.3 Å². The molecule has 0 unspecified atom stereocenters. The fraction of sp³-hybridized carbons (Fsp3) is 0.692. The predicted octanol–water partition coefficient (Wildman–Crippen LogP) is 2.33. The Labute approximate surface area is 119 Å². The number of nitrogens with one attached hydrogen (secondary N) is 2. The molecule has 0 aliphatic heterocycles. The quantitative estimate of drug-likeness (QED) is 0.775. The monoisotopic (exact) mass is 302 g/mol. The molecule has 1 aliphatic carbocycles. The van der Waals surface area contributed by atoms with Crippen LogP contribution in [0.25, 0.3) is 0 Å². The molecule has 0 saturated heterocycles. The van der Waals surface area contributed by atoms with Crippen LogP contribution in [0.15, 0.2) is 16.3 Å². The first-order valence-electron chi connectivity index (χ1n) is 6.89. The van der Waals surface area contributed by atoms with Gasteiger partial charge in [0.25, 0.3) is 0 Å². The van der Waals surface area contributed by atoms with Crippen LogP contribution in [-0.4, -0.2) is 21.5 Å². The normalized spacial score (nSPS) is 16.5. The zero-order valence-corrected chi connectivity index (χ0v) is 12.9. The van der Waals surface area contributed by atoms with Crippen molar-refractivity contribution < 1.29 is 8.42 Å². The number of sulfonamides is 1. The zero-order chi connectivity index (χ0) is 13.7. The molecule has 1 aliphatic rings. The highest BCUT2D eigenvalue weighted by atomic mass is 32.2. The summed E-state index contributed by atoms with van der Waals surface area (Å²) in [5, 5.41) is 4.92. The standard InChI is InChI=1S/C13H22N2O2S2/c1-2-14-9-12-8-13(10-18-12)19(16,17)15-7-6-11-4-3-5-11/h8,10-11,14-15H,2-7,9H2,1H3. The fourth-order valence-electron chi connectivity index (χ4n) is 2.10. The van der Waals surface area contributed by atoms with Gasteiger partial charge in [0.05, 0.1) is 4.90 Å². The molecular formula is C13H22N2O2S2.